The van der Waals surface area contributed by atoms with Crippen LogP contribution in [-0.4, -0.2) is 35.2 Å². The summed E-state index contributed by atoms with van der Waals surface area (Å²) < 4.78 is 9.34. The number of benzene rings is 2. The maximum Gasteiger partial charge on any atom is 0.273 e. The Bertz CT molecular complexity index is 1330. The fourth-order valence-corrected chi connectivity index (χ4v) is 5.57. The summed E-state index contributed by atoms with van der Waals surface area (Å²) in [7, 11) is 1.57. The minimum absolute atomic E-state index is 0.0301. The predicted octanol–water partition coefficient (Wildman–Crippen LogP) is 4.29. The molecule has 1 aliphatic carbocycles. The lowest BCUT2D eigenvalue weighted by Crippen LogP contribution is -2.47. The minimum Gasteiger partial charge on any atom is -0.497 e. The average molecular weight is 536 g/mol. The van der Waals surface area contributed by atoms with Crippen LogP contribution in [0.15, 0.2) is 42.5 Å². The van der Waals surface area contributed by atoms with Crippen molar-refractivity contribution in [3.05, 3.63) is 69.7 Å². The van der Waals surface area contributed by atoms with E-state index in [1.165, 1.54) is 4.90 Å². The molecule has 0 spiro atoms. The highest BCUT2D eigenvalue weighted by Crippen LogP contribution is 2.36. The average Bonchev–Trinajstić information content (AvgIpc) is 3.31. The van der Waals surface area contributed by atoms with Gasteiger partial charge in [-0.25, -0.2) is 0 Å². The van der Waals surface area contributed by atoms with E-state index in [0.717, 1.165) is 54.8 Å². The number of nitrogen functional groups attached to an aromatic ring is 1. The number of hydrogen-bond acceptors (Lipinski definition) is 7. The van der Waals surface area contributed by atoms with Crippen molar-refractivity contribution in [2.45, 2.75) is 58.0 Å². The van der Waals surface area contributed by atoms with Crippen LogP contribution >= 0.6 is 11.5 Å². The molecule has 0 unspecified atom stereocenters. The van der Waals surface area contributed by atoms with E-state index < -0.39 is 17.9 Å². The fraction of sp³-hybridized carbons (Fsp3) is 0.357. The third kappa shape index (κ3) is 5.50. The molecule has 0 aliphatic heterocycles. The van der Waals surface area contributed by atoms with E-state index in [9.17, 15) is 14.4 Å². The number of amides is 3. The van der Waals surface area contributed by atoms with Gasteiger partial charge < -0.3 is 21.5 Å². The van der Waals surface area contributed by atoms with Crippen molar-refractivity contribution in [2.24, 2.45) is 5.73 Å². The number of aromatic nitrogens is 1. The molecule has 1 heterocycles. The summed E-state index contributed by atoms with van der Waals surface area (Å²) in [6.07, 6.45) is 5.02. The Morgan fingerprint density at radius 3 is 2.37 bits per heavy atom. The fourth-order valence-electron chi connectivity index (χ4n) is 4.83. The zero-order chi connectivity index (χ0) is 27.4. The molecule has 0 bridgehead atoms. The summed E-state index contributed by atoms with van der Waals surface area (Å²) in [5.74, 6) is -1.03. The molecule has 0 saturated heterocycles. The number of aryl methyl sites for hydroxylation is 1. The van der Waals surface area contributed by atoms with Crippen LogP contribution in [0.3, 0.4) is 0 Å². The van der Waals surface area contributed by atoms with Gasteiger partial charge in [0.15, 0.2) is 5.69 Å². The second kappa shape index (κ2) is 11.6. The Balaban J connectivity index is 1.88. The quantitative estimate of drug-likeness (QED) is 0.393. The number of primary amides is 1. The van der Waals surface area contributed by atoms with Crippen molar-refractivity contribution in [1.82, 2.24) is 9.69 Å². The second-order valence-corrected chi connectivity index (χ2v) is 10.3. The molecule has 10 heteroatoms. The molecule has 3 amide bonds. The largest absolute Gasteiger partial charge is 0.497 e. The summed E-state index contributed by atoms with van der Waals surface area (Å²) in [4.78, 5) is 41.6. The summed E-state index contributed by atoms with van der Waals surface area (Å²) in [6, 6.07) is 11.7. The zero-order valence-corrected chi connectivity index (χ0v) is 22.6. The molecule has 1 atom stereocenters. The van der Waals surface area contributed by atoms with Crippen LogP contribution < -0.4 is 26.4 Å². The highest BCUT2D eigenvalue weighted by molar-refractivity contribution is 7.09. The van der Waals surface area contributed by atoms with Crippen LogP contribution in [0, 0.1) is 13.8 Å². The van der Waals surface area contributed by atoms with Crippen molar-refractivity contribution in [3.63, 3.8) is 0 Å². The molecule has 1 aromatic heterocycles. The first-order valence-corrected chi connectivity index (χ1v) is 13.4. The van der Waals surface area contributed by atoms with Crippen molar-refractivity contribution in [3.8, 4) is 5.75 Å². The lowest BCUT2D eigenvalue weighted by atomic mass is 9.94. The number of anilines is 2. The molecule has 0 radical (unpaired) electrons. The van der Waals surface area contributed by atoms with Gasteiger partial charge in [0, 0.05) is 11.7 Å². The number of ether oxygens (including phenoxy) is 1. The van der Waals surface area contributed by atoms with E-state index in [2.05, 4.69) is 9.69 Å². The molecule has 5 N–H and O–H groups in total. The molecule has 3 aromatic rings. The van der Waals surface area contributed by atoms with Crippen LogP contribution in [0.4, 0.5) is 11.4 Å². The number of nitrogens with two attached hydrogens (primary N) is 2. The summed E-state index contributed by atoms with van der Waals surface area (Å²) in [6.45, 7) is 3.85. The number of nitrogens with zero attached hydrogens (tertiary/aromatic N) is 2. The van der Waals surface area contributed by atoms with Crippen molar-refractivity contribution < 1.29 is 19.1 Å². The normalized spacial score (nSPS) is 14.5. The van der Waals surface area contributed by atoms with Gasteiger partial charge in [-0.3, -0.25) is 19.3 Å². The van der Waals surface area contributed by atoms with Gasteiger partial charge in [0.1, 0.15) is 16.7 Å². The van der Waals surface area contributed by atoms with Crippen LogP contribution in [-0.2, 0) is 4.79 Å². The SMILES string of the molecule is COc1ccc([C@@H](C(=O)NC2CCCCC2)N(C(=O)c2snc(C(N)=O)c2N)c2cccc(C)c2C)cc1. The molecule has 9 nitrogen and oxygen atoms in total. The van der Waals surface area contributed by atoms with E-state index in [1.807, 2.05) is 26.0 Å². The third-order valence-electron chi connectivity index (χ3n) is 7.10. The Hall–Kier alpha value is -3.92. The monoisotopic (exact) mass is 535 g/mol. The Kier molecular flexibility index (Phi) is 8.31. The van der Waals surface area contributed by atoms with Crippen LogP contribution in [0.25, 0.3) is 0 Å². The standard InChI is InChI=1S/C28H33N5O4S/c1-16-8-7-11-21(17(16)2)33(28(36)25-22(29)23(26(30)34)32-38-25)24(18-12-14-20(37-3)15-13-18)27(35)31-19-9-5-4-6-10-19/h7-8,11-15,19,24H,4-6,9-10,29H2,1-3H3,(H2,30,34)(H,31,35)/t24-/m0/s1. The van der Waals surface area contributed by atoms with Gasteiger partial charge in [0.25, 0.3) is 11.8 Å². The molecule has 38 heavy (non-hydrogen) atoms. The molecule has 2 aromatic carbocycles. The molecule has 1 saturated carbocycles. The second-order valence-electron chi connectivity index (χ2n) is 9.55. The highest BCUT2D eigenvalue weighted by atomic mass is 32.1. The molecule has 1 fully saturated rings. The molecule has 200 valence electrons. The van der Waals surface area contributed by atoms with Gasteiger partial charge in [0.2, 0.25) is 5.91 Å². The number of carbonyl (C=O) groups excluding carboxylic acids is 3. The maximum absolute atomic E-state index is 14.3. The van der Waals surface area contributed by atoms with Crippen LogP contribution in [0.2, 0.25) is 0 Å². The molecule has 4 rings (SSSR count). The lowest BCUT2D eigenvalue weighted by molar-refractivity contribution is -0.123. The van der Waals surface area contributed by atoms with Gasteiger partial charge >= 0.3 is 0 Å². The topological polar surface area (TPSA) is 141 Å². The van der Waals surface area contributed by atoms with Gasteiger partial charge in [-0.1, -0.05) is 43.5 Å². The minimum atomic E-state index is -1.02. The van der Waals surface area contributed by atoms with Crippen LogP contribution in [0.1, 0.15) is 75.0 Å². The van der Waals surface area contributed by atoms with Crippen LogP contribution in [0.5, 0.6) is 5.75 Å². The summed E-state index contributed by atoms with van der Waals surface area (Å²) in [5.41, 5.74) is 14.3. The Morgan fingerprint density at radius 2 is 1.76 bits per heavy atom. The van der Waals surface area contributed by atoms with Gasteiger partial charge in [-0.15, -0.1) is 0 Å². The Morgan fingerprint density at radius 1 is 1.08 bits per heavy atom. The number of rotatable bonds is 8. The van der Waals surface area contributed by atoms with Crippen molar-refractivity contribution in [2.75, 3.05) is 17.7 Å². The maximum atomic E-state index is 14.3. The third-order valence-corrected chi connectivity index (χ3v) is 7.95. The summed E-state index contributed by atoms with van der Waals surface area (Å²) >= 11 is 0.793. The lowest BCUT2D eigenvalue weighted by Gasteiger charge is -2.34. The first-order chi connectivity index (χ1) is 18.2. The van der Waals surface area contributed by atoms with E-state index in [0.29, 0.717) is 17.0 Å². The molecular formula is C28H33N5O4S. The van der Waals surface area contributed by atoms with E-state index >= 15 is 0 Å². The number of hydrogen-bond donors (Lipinski definition) is 3. The number of carbonyl (C=O) groups is 3. The smallest absolute Gasteiger partial charge is 0.273 e. The first kappa shape index (κ1) is 27.1. The number of methoxy groups -OCH3 is 1. The van der Waals surface area contributed by atoms with Gasteiger partial charge in [-0.05, 0) is 73.1 Å². The Labute approximate surface area is 226 Å². The van der Waals surface area contributed by atoms with Gasteiger partial charge in [0.05, 0.1) is 12.8 Å². The predicted molar refractivity (Wildman–Crippen MR) is 149 cm³/mol. The van der Waals surface area contributed by atoms with Crippen molar-refractivity contribution >= 4 is 40.6 Å². The molecular weight excluding hydrogens is 502 g/mol. The first-order valence-electron chi connectivity index (χ1n) is 12.6. The molecule has 1 aliphatic rings. The van der Waals surface area contributed by atoms with Crippen molar-refractivity contribution in [1.29, 1.82) is 0 Å². The van der Waals surface area contributed by atoms with Gasteiger partial charge in [-0.2, -0.15) is 4.37 Å². The van der Waals surface area contributed by atoms with E-state index in [4.69, 9.17) is 16.2 Å². The van der Waals surface area contributed by atoms with E-state index in [1.54, 1.807) is 37.4 Å². The summed E-state index contributed by atoms with van der Waals surface area (Å²) in [5, 5.41) is 3.19. The highest BCUT2D eigenvalue weighted by Gasteiger charge is 2.37. The zero-order valence-electron chi connectivity index (χ0n) is 21.8. The number of nitrogens with one attached hydrogen (secondary N) is 1. The van der Waals surface area contributed by atoms with E-state index in [-0.39, 0.29) is 28.2 Å².